The standard InChI is InChI=1S/C19H17N3O5/c1-26-14-8-4-5-9-15(14)27-11-10-22-17(24)19(21-18(22)25)12-6-2-3-7-13(12)20-16(19)23/h2-9H,10-11H2,1H3,(H,20,23)(H,21,25). The van der Waals surface area contributed by atoms with E-state index in [0.717, 1.165) is 4.90 Å². The molecule has 8 heteroatoms. The quantitative estimate of drug-likeness (QED) is 0.616. The van der Waals surface area contributed by atoms with Crippen LogP contribution in [0, 0.1) is 0 Å². The molecule has 138 valence electrons. The molecule has 1 atom stereocenters. The van der Waals surface area contributed by atoms with Crippen molar-refractivity contribution < 1.29 is 23.9 Å². The Bertz CT molecular complexity index is 944. The second kappa shape index (κ2) is 6.31. The summed E-state index contributed by atoms with van der Waals surface area (Å²) in [6.07, 6.45) is 0. The summed E-state index contributed by atoms with van der Waals surface area (Å²) in [4.78, 5) is 38.9. The van der Waals surface area contributed by atoms with Crippen LogP contribution in [0.3, 0.4) is 0 Å². The zero-order valence-electron chi connectivity index (χ0n) is 14.5. The Hall–Kier alpha value is -3.55. The van der Waals surface area contributed by atoms with Crippen molar-refractivity contribution in [2.45, 2.75) is 5.54 Å². The van der Waals surface area contributed by atoms with Crippen LogP contribution < -0.4 is 20.1 Å². The Kier molecular flexibility index (Phi) is 3.95. The molecule has 27 heavy (non-hydrogen) atoms. The van der Waals surface area contributed by atoms with Gasteiger partial charge in [0, 0.05) is 11.3 Å². The van der Waals surface area contributed by atoms with Gasteiger partial charge in [0.15, 0.2) is 11.5 Å². The van der Waals surface area contributed by atoms with Crippen molar-refractivity contribution >= 4 is 23.5 Å². The predicted octanol–water partition coefficient (Wildman–Crippen LogP) is 1.47. The molecule has 0 radical (unpaired) electrons. The van der Waals surface area contributed by atoms with Crippen LogP contribution in [0.1, 0.15) is 5.56 Å². The SMILES string of the molecule is COc1ccccc1OCCN1C(=O)NC2(C(=O)Nc3ccccc32)C1=O. The molecule has 4 rings (SSSR count). The van der Waals surface area contributed by atoms with Gasteiger partial charge in [0.05, 0.1) is 13.7 Å². The number of nitrogens with zero attached hydrogens (tertiary/aromatic N) is 1. The van der Waals surface area contributed by atoms with Gasteiger partial charge in [0.25, 0.3) is 11.8 Å². The van der Waals surface area contributed by atoms with Crippen LogP contribution >= 0.6 is 0 Å². The molecule has 2 aliphatic rings. The van der Waals surface area contributed by atoms with Crippen molar-refractivity contribution in [3.05, 3.63) is 54.1 Å². The van der Waals surface area contributed by atoms with Crippen molar-refractivity contribution in [2.75, 3.05) is 25.6 Å². The summed E-state index contributed by atoms with van der Waals surface area (Å²) >= 11 is 0. The Morgan fingerprint density at radius 3 is 2.48 bits per heavy atom. The molecule has 2 N–H and O–H groups in total. The lowest BCUT2D eigenvalue weighted by Crippen LogP contribution is -2.49. The number of imide groups is 1. The minimum atomic E-state index is -1.71. The molecule has 1 spiro atoms. The maximum absolute atomic E-state index is 13.0. The molecule has 2 aliphatic heterocycles. The van der Waals surface area contributed by atoms with Crippen LogP contribution in [-0.2, 0) is 15.1 Å². The molecule has 0 aliphatic carbocycles. The summed E-state index contributed by atoms with van der Waals surface area (Å²) in [5.41, 5.74) is -0.747. The lowest BCUT2D eigenvalue weighted by molar-refractivity contribution is -0.137. The van der Waals surface area contributed by atoms with Crippen molar-refractivity contribution in [2.24, 2.45) is 0 Å². The largest absolute Gasteiger partial charge is 0.493 e. The van der Waals surface area contributed by atoms with Crippen LogP contribution in [0.4, 0.5) is 10.5 Å². The Morgan fingerprint density at radius 1 is 1.00 bits per heavy atom. The number of methoxy groups -OCH3 is 1. The average Bonchev–Trinajstić information content (AvgIpc) is 3.11. The van der Waals surface area contributed by atoms with Gasteiger partial charge in [-0.3, -0.25) is 14.5 Å². The minimum Gasteiger partial charge on any atom is -0.493 e. The van der Waals surface area contributed by atoms with Gasteiger partial charge in [0.2, 0.25) is 5.54 Å². The van der Waals surface area contributed by atoms with E-state index in [2.05, 4.69) is 10.6 Å². The highest BCUT2D eigenvalue weighted by atomic mass is 16.5. The van der Waals surface area contributed by atoms with Crippen molar-refractivity contribution in [1.82, 2.24) is 10.2 Å². The van der Waals surface area contributed by atoms with Crippen LogP contribution in [0.5, 0.6) is 11.5 Å². The van der Waals surface area contributed by atoms with Crippen LogP contribution in [0.25, 0.3) is 0 Å². The third-order valence-corrected chi connectivity index (χ3v) is 4.67. The number of carbonyl (C=O) groups is 3. The summed E-state index contributed by atoms with van der Waals surface area (Å²) in [5.74, 6) is -0.116. The van der Waals surface area contributed by atoms with Gasteiger partial charge < -0.3 is 20.1 Å². The second-order valence-electron chi connectivity index (χ2n) is 6.14. The van der Waals surface area contributed by atoms with Gasteiger partial charge in [0.1, 0.15) is 6.61 Å². The van der Waals surface area contributed by atoms with E-state index in [0.29, 0.717) is 22.7 Å². The lowest BCUT2D eigenvalue weighted by atomic mass is 9.91. The summed E-state index contributed by atoms with van der Waals surface area (Å²) in [5, 5.41) is 5.20. The highest BCUT2D eigenvalue weighted by Gasteiger charge is 2.61. The first kappa shape index (κ1) is 16.9. The van der Waals surface area contributed by atoms with E-state index in [1.807, 2.05) is 6.07 Å². The molecule has 0 bridgehead atoms. The van der Waals surface area contributed by atoms with Crippen LogP contribution in [0.2, 0.25) is 0 Å². The third kappa shape index (κ3) is 2.49. The monoisotopic (exact) mass is 367 g/mol. The first-order valence-corrected chi connectivity index (χ1v) is 8.39. The van der Waals surface area contributed by atoms with Gasteiger partial charge >= 0.3 is 6.03 Å². The van der Waals surface area contributed by atoms with Crippen LogP contribution in [-0.4, -0.2) is 43.0 Å². The van der Waals surface area contributed by atoms with Gasteiger partial charge in [-0.2, -0.15) is 0 Å². The van der Waals surface area contributed by atoms with Crippen molar-refractivity contribution in [3.8, 4) is 11.5 Å². The molecule has 2 aromatic carbocycles. The average molecular weight is 367 g/mol. The van der Waals surface area contributed by atoms with E-state index in [-0.39, 0.29) is 13.2 Å². The van der Waals surface area contributed by atoms with Gasteiger partial charge in [-0.05, 0) is 18.2 Å². The van der Waals surface area contributed by atoms with Crippen LogP contribution in [0.15, 0.2) is 48.5 Å². The number of carbonyl (C=O) groups excluding carboxylic acids is 3. The molecule has 1 fully saturated rings. The summed E-state index contributed by atoms with van der Waals surface area (Å²) in [6.45, 7) is 0.0682. The van der Waals surface area contributed by atoms with Gasteiger partial charge in [-0.25, -0.2) is 4.79 Å². The number of benzene rings is 2. The number of ether oxygens (including phenoxy) is 2. The Morgan fingerprint density at radius 2 is 1.70 bits per heavy atom. The zero-order valence-corrected chi connectivity index (χ0v) is 14.5. The maximum atomic E-state index is 13.0. The number of hydrogen-bond acceptors (Lipinski definition) is 5. The number of fused-ring (bicyclic) bond motifs is 2. The zero-order chi connectivity index (χ0) is 19.0. The molecule has 0 saturated carbocycles. The van der Waals surface area contributed by atoms with Gasteiger partial charge in [-0.15, -0.1) is 0 Å². The van der Waals surface area contributed by atoms with E-state index in [1.54, 1.807) is 42.5 Å². The molecular weight excluding hydrogens is 350 g/mol. The first-order valence-electron chi connectivity index (χ1n) is 8.39. The summed E-state index contributed by atoms with van der Waals surface area (Å²) < 4.78 is 10.8. The Balaban J connectivity index is 1.52. The summed E-state index contributed by atoms with van der Waals surface area (Å²) in [6, 6.07) is 13.3. The van der Waals surface area contributed by atoms with E-state index in [1.165, 1.54) is 7.11 Å². The molecular formula is C19H17N3O5. The third-order valence-electron chi connectivity index (χ3n) is 4.67. The normalized spacial score (nSPS) is 20.5. The fraction of sp³-hybridized carbons (Fsp3) is 0.211. The molecule has 4 amide bonds. The molecule has 1 unspecified atom stereocenters. The maximum Gasteiger partial charge on any atom is 0.325 e. The predicted molar refractivity (Wildman–Crippen MR) is 95.5 cm³/mol. The first-order chi connectivity index (χ1) is 13.1. The fourth-order valence-corrected chi connectivity index (χ4v) is 3.36. The number of urea groups is 1. The highest BCUT2D eigenvalue weighted by Crippen LogP contribution is 2.40. The van der Waals surface area contributed by atoms with Gasteiger partial charge in [-0.1, -0.05) is 30.3 Å². The molecule has 2 aromatic rings. The lowest BCUT2D eigenvalue weighted by Gasteiger charge is -2.19. The van der Waals surface area contributed by atoms with E-state index >= 15 is 0 Å². The van der Waals surface area contributed by atoms with Crippen molar-refractivity contribution in [1.29, 1.82) is 0 Å². The molecule has 2 heterocycles. The van der Waals surface area contributed by atoms with E-state index in [4.69, 9.17) is 9.47 Å². The number of hydrogen-bond donors (Lipinski definition) is 2. The molecule has 1 saturated heterocycles. The Labute approximate surface area is 155 Å². The number of anilines is 1. The van der Waals surface area contributed by atoms with E-state index < -0.39 is 23.4 Å². The minimum absolute atomic E-state index is 0.0000872. The molecule has 8 nitrogen and oxygen atoms in total. The summed E-state index contributed by atoms with van der Waals surface area (Å²) in [7, 11) is 1.53. The fourth-order valence-electron chi connectivity index (χ4n) is 3.36. The highest BCUT2D eigenvalue weighted by molar-refractivity contribution is 6.26. The number of nitrogens with one attached hydrogen (secondary N) is 2. The number of para-hydroxylation sites is 3. The van der Waals surface area contributed by atoms with Crippen molar-refractivity contribution in [3.63, 3.8) is 0 Å². The number of amides is 4. The number of rotatable bonds is 5. The van der Waals surface area contributed by atoms with E-state index in [9.17, 15) is 14.4 Å². The second-order valence-corrected chi connectivity index (χ2v) is 6.14. The molecule has 0 aromatic heterocycles. The topological polar surface area (TPSA) is 97.0 Å². The smallest absolute Gasteiger partial charge is 0.325 e.